The molecule has 9 heteroatoms. The van der Waals surface area contributed by atoms with Crippen LogP contribution in [0.5, 0.6) is 0 Å². The molecular weight excluding hydrogens is 512 g/mol. The number of carbonyl (C=O) groups is 3. The highest BCUT2D eigenvalue weighted by atomic mass is 35.5. The third-order valence-electron chi connectivity index (χ3n) is 6.52. The van der Waals surface area contributed by atoms with Gasteiger partial charge in [0, 0.05) is 22.3 Å². The van der Waals surface area contributed by atoms with Crippen LogP contribution >= 0.6 is 23.4 Å². The average molecular weight is 547 g/mol. The summed E-state index contributed by atoms with van der Waals surface area (Å²) in [7, 11) is 0. The van der Waals surface area contributed by atoms with Gasteiger partial charge in [-0.25, -0.2) is 0 Å². The number of fused-ring (bicyclic) bond motifs is 1. The van der Waals surface area contributed by atoms with E-state index in [1.165, 1.54) is 40.8 Å². The minimum absolute atomic E-state index is 0.0556. The number of hydrogen-bond donors (Lipinski definition) is 4. The monoisotopic (exact) mass is 546 g/mol. The van der Waals surface area contributed by atoms with Crippen molar-refractivity contribution in [1.82, 2.24) is 10.6 Å². The first kappa shape index (κ1) is 29.0. The van der Waals surface area contributed by atoms with Crippen LogP contribution in [0.25, 0.3) is 0 Å². The van der Waals surface area contributed by atoms with Crippen LogP contribution in [0.3, 0.4) is 0 Å². The largest absolute Gasteiger partial charge is 0.481 e. The van der Waals surface area contributed by atoms with E-state index in [-0.39, 0.29) is 18.7 Å². The van der Waals surface area contributed by atoms with Gasteiger partial charge in [0.05, 0.1) is 17.9 Å². The molecule has 4 N–H and O–H groups in total. The van der Waals surface area contributed by atoms with Gasteiger partial charge >= 0.3 is 11.9 Å². The molecule has 37 heavy (non-hydrogen) atoms. The predicted octanol–water partition coefficient (Wildman–Crippen LogP) is 5.32. The van der Waals surface area contributed by atoms with Crippen LogP contribution in [0.4, 0.5) is 0 Å². The summed E-state index contributed by atoms with van der Waals surface area (Å²) in [4.78, 5) is 33.0. The maximum absolute atomic E-state index is 12.5. The molecule has 0 saturated heterocycles. The quantitative estimate of drug-likeness (QED) is 0.331. The molecule has 2 aromatic rings. The van der Waals surface area contributed by atoms with E-state index in [0.29, 0.717) is 6.04 Å². The molecule has 0 radical (unpaired) electrons. The van der Waals surface area contributed by atoms with Gasteiger partial charge < -0.3 is 20.8 Å². The van der Waals surface area contributed by atoms with Gasteiger partial charge in [-0.2, -0.15) is 0 Å². The Balaban J connectivity index is 0.000000414. The van der Waals surface area contributed by atoms with Crippen LogP contribution in [0.2, 0.25) is 5.02 Å². The molecule has 2 aromatic carbocycles. The standard InChI is InChI=1S/C24H29ClN2OS.C4H6O4/c25-22-11-10-18-12-14-26-15-13-21(18)23(22)29-16-17-6-8-19(9-7-17)24(28)27-20-4-2-1-3-5-20;5-3(6)1-2-4(7)8/h6-11,20,26H,1-5,12-16H2,(H,27,28);1-2H2,(H,5,6)(H,7,8). The molecule has 7 nitrogen and oxygen atoms in total. The smallest absolute Gasteiger partial charge is 0.303 e. The van der Waals surface area contributed by atoms with Crippen LogP contribution in [0, 0.1) is 0 Å². The van der Waals surface area contributed by atoms with Gasteiger partial charge in [0.15, 0.2) is 0 Å². The van der Waals surface area contributed by atoms with E-state index in [2.05, 4.69) is 28.8 Å². The zero-order chi connectivity index (χ0) is 26.6. The summed E-state index contributed by atoms with van der Waals surface area (Å²) in [6.07, 6.45) is 7.46. The molecule has 2 aliphatic rings. The highest BCUT2D eigenvalue weighted by Gasteiger charge is 2.17. The zero-order valence-corrected chi connectivity index (χ0v) is 22.5. The second kappa shape index (κ2) is 15.0. The van der Waals surface area contributed by atoms with Crippen molar-refractivity contribution in [3.8, 4) is 0 Å². The highest BCUT2D eigenvalue weighted by Crippen LogP contribution is 2.36. The minimum Gasteiger partial charge on any atom is -0.481 e. The van der Waals surface area contributed by atoms with Crippen molar-refractivity contribution in [3.63, 3.8) is 0 Å². The SMILES string of the molecule is O=C(NC1CCCCC1)c1ccc(CSc2c(Cl)ccc3c2CCNCC3)cc1.O=C(O)CCC(=O)O. The van der Waals surface area contributed by atoms with Gasteiger partial charge in [-0.15, -0.1) is 11.8 Å². The van der Waals surface area contributed by atoms with Gasteiger partial charge in [0.1, 0.15) is 0 Å². The minimum atomic E-state index is -1.08. The highest BCUT2D eigenvalue weighted by molar-refractivity contribution is 7.98. The number of carbonyl (C=O) groups excluding carboxylic acids is 1. The first-order valence-corrected chi connectivity index (χ1v) is 14.2. The van der Waals surface area contributed by atoms with Gasteiger partial charge in [-0.3, -0.25) is 14.4 Å². The Bertz CT molecular complexity index is 1060. The normalized spacial score (nSPS) is 15.5. The average Bonchev–Trinajstić information content (AvgIpc) is 3.14. The van der Waals surface area contributed by atoms with E-state index in [1.807, 2.05) is 18.2 Å². The number of rotatable bonds is 8. The lowest BCUT2D eigenvalue weighted by atomic mass is 9.95. The number of hydrogen-bond acceptors (Lipinski definition) is 5. The fourth-order valence-electron chi connectivity index (χ4n) is 4.50. The molecule has 0 bridgehead atoms. The molecule has 4 rings (SSSR count). The molecule has 0 aromatic heterocycles. The van der Waals surface area contributed by atoms with Crippen molar-refractivity contribution < 1.29 is 24.6 Å². The van der Waals surface area contributed by atoms with E-state index in [4.69, 9.17) is 21.8 Å². The first-order valence-electron chi connectivity index (χ1n) is 12.8. The van der Waals surface area contributed by atoms with Crippen molar-refractivity contribution >= 4 is 41.2 Å². The van der Waals surface area contributed by atoms with Crippen molar-refractivity contribution in [2.45, 2.75) is 74.5 Å². The molecule has 1 saturated carbocycles. The predicted molar refractivity (Wildman–Crippen MR) is 147 cm³/mol. The van der Waals surface area contributed by atoms with Crippen LogP contribution < -0.4 is 10.6 Å². The number of benzene rings is 2. The van der Waals surface area contributed by atoms with E-state index in [9.17, 15) is 14.4 Å². The summed E-state index contributed by atoms with van der Waals surface area (Å²) in [5.74, 6) is -1.24. The van der Waals surface area contributed by atoms with Crippen molar-refractivity contribution in [1.29, 1.82) is 0 Å². The van der Waals surface area contributed by atoms with E-state index in [0.717, 1.165) is 55.1 Å². The number of amides is 1. The number of carboxylic acid groups (broad SMARTS) is 2. The van der Waals surface area contributed by atoms with Gasteiger partial charge in [0.25, 0.3) is 5.91 Å². The third-order valence-corrected chi connectivity index (χ3v) is 8.18. The lowest BCUT2D eigenvalue weighted by Crippen LogP contribution is -2.36. The van der Waals surface area contributed by atoms with Gasteiger partial charge in [-0.05, 0) is 73.7 Å². The molecule has 0 spiro atoms. The van der Waals surface area contributed by atoms with Gasteiger partial charge in [0.2, 0.25) is 0 Å². The lowest BCUT2D eigenvalue weighted by molar-refractivity contribution is -0.143. The van der Waals surface area contributed by atoms with Crippen molar-refractivity contribution in [2.75, 3.05) is 13.1 Å². The van der Waals surface area contributed by atoms with E-state index >= 15 is 0 Å². The molecule has 1 aliphatic heterocycles. The second-order valence-electron chi connectivity index (χ2n) is 9.35. The van der Waals surface area contributed by atoms with Crippen LogP contribution in [0.1, 0.15) is 72.0 Å². The van der Waals surface area contributed by atoms with Crippen LogP contribution in [0.15, 0.2) is 41.3 Å². The summed E-state index contributed by atoms with van der Waals surface area (Å²) in [6, 6.07) is 12.6. The Hall–Kier alpha value is -2.55. The first-order chi connectivity index (χ1) is 17.8. The number of nitrogens with one attached hydrogen (secondary N) is 2. The maximum Gasteiger partial charge on any atom is 0.303 e. The maximum atomic E-state index is 12.5. The summed E-state index contributed by atoms with van der Waals surface area (Å²) < 4.78 is 0. The fraction of sp³-hybridized carbons (Fsp3) is 0.464. The second-order valence-corrected chi connectivity index (χ2v) is 10.7. The molecule has 0 atom stereocenters. The molecule has 1 fully saturated rings. The molecule has 0 unspecified atom stereocenters. The Labute approximate surface area is 227 Å². The van der Waals surface area contributed by atoms with Gasteiger partial charge in [-0.1, -0.05) is 49.1 Å². The number of halogens is 1. The Morgan fingerprint density at radius 1 is 0.919 bits per heavy atom. The van der Waals surface area contributed by atoms with E-state index in [1.54, 1.807) is 11.8 Å². The number of thioether (sulfide) groups is 1. The Morgan fingerprint density at radius 2 is 1.57 bits per heavy atom. The summed E-state index contributed by atoms with van der Waals surface area (Å²) in [6.45, 7) is 2.04. The summed E-state index contributed by atoms with van der Waals surface area (Å²) in [5, 5.41) is 23.3. The van der Waals surface area contributed by atoms with Crippen molar-refractivity contribution in [3.05, 3.63) is 63.7 Å². The van der Waals surface area contributed by atoms with Crippen molar-refractivity contribution in [2.24, 2.45) is 0 Å². The Kier molecular flexibility index (Phi) is 11.8. The fourth-order valence-corrected chi connectivity index (χ4v) is 5.96. The zero-order valence-electron chi connectivity index (χ0n) is 20.9. The molecule has 1 aliphatic carbocycles. The summed E-state index contributed by atoms with van der Waals surface area (Å²) >= 11 is 8.35. The number of carboxylic acids is 2. The molecular formula is C28H35ClN2O5S. The lowest BCUT2D eigenvalue weighted by Gasteiger charge is -2.22. The van der Waals surface area contributed by atoms with Crippen LogP contribution in [-0.2, 0) is 28.2 Å². The third kappa shape index (κ3) is 9.68. The Morgan fingerprint density at radius 3 is 2.22 bits per heavy atom. The molecule has 1 heterocycles. The molecule has 200 valence electrons. The molecule has 1 amide bonds. The number of aliphatic carboxylic acids is 2. The van der Waals surface area contributed by atoms with Crippen LogP contribution in [-0.4, -0.2) is 47.2 Å². The van der Waals surface area contributed by atoms with E-state index < -0.39 is 11.9 Å². The topological polar surface area (TPSA) is 116 Å². The summed E-state index contributed by atoms with van der Waals surface area (Å²) in [5.41, 5.74) is 4.78.